The molecule has 1 rings (SSSR count). The van der Waals surface area contributed by atoms with Crippen molar-refractivity contribution in [3.63, 3.8) is 0 Å². The Kier molecular flexibility index (Phi) is 8.10. The molecule has 0 spiro atoms. The van der Waals surface area contributed by atoms with Crippen LogP contribution in [0, 0.1) is 0 Å². The summed E-state index contributed by atoms with van der Waals surface area (Å²) in [6.45, 7) is 3.21. The highest BCUT2D eigenvalue weighted by Gasteiger charge is 2.24. The van der Waals surface area contributed by atoms with E-state index in [2.05, 4.69) is 10.3 Å². The number of carboxylic acid groups (broad SMARTS) is 1. The van der Waals surface area contributed by atoms with Crippen molar-refractivity contribution in [3.8, 4) is 0 Å². The van der Waals surface area contributed by atoms with Gasteiger partial charge in [0.15, 0.2) is 0 Å². The second-order valence-corrected chi connectivity index (χ2v) is 5.88. The molecule has 1 aromatic rings. The standard InChI is InChI=1S/C15H21N3O4S/c1-11(15(21)22)18(8-7-16-12(2)19)14(20)10-23-9-13-5-3-4-6-17-13/h3-6,11H,7-10H2,1-2H3,(H,16,19)(H,21,22). The Balaban J connectivity index is 2.52. The third-order valence-corrected chi connectivity index (χ3v) is 4.02. The number of thioether (sulfide) groups is 1. The summed E-state index contributed by atoms with van der Waals surface area (Å²) in [7, 11) is 0. The van der Waals surface area contributed by atoms with Crippen LogP contribution in [0.25, 0.3) is 0 Å². The average molecular weight is 339 g/mol. The molecule has 126 valence electrons. The predicted molar refractivity (Wildman–Crippen MR) is 87.9 cm³/mol. The van der Waals surface area contributed by atoms with Gasteiger partial charge in [-0.15, -0.1) is 11.8 Å². The molecule has 0 bridgehead atoms. The summed E-state index contributed by atoms with van der Waals surface area (Å²) < 4.78 is 0. The smallest absolute Gasteiger partial charge is 0.326 e. The van der Waals surface area contributed by atoms with E-state index in [0.29, 0.717) is 5.75 Å². The summed E-state index contributed by atoms with van der Waals surface area (Å²) in [5.74, 6) is -0.825. The predicted octanol–water partition coefficient (Wildman–Crippen LogP) is 0.753. The second-order valence-electron chi connectivity index (χ2n) is 4.90. The van der Waals surface area contributed by atoms with Crippen LogP contribution >= 0.6 is 11.8 Å². The zero-order chi connectivity index (χ0) is 17.2. The van der Waals surface area contributed by atoms with E-state index in [-0.39, 0.29) is 30.7 Å². The number of hydrogen-bond donors (Lipinski definition) is 2. The topological polar surface area (TPSA) is 99.6 Å². The van der Waals surface area contributed by atoms with E-state index in [1.165, 1.54) is 30.5 Å². The molecule has 0 fully saturated rings. The van der Waals surface area contributed by atoms with E-state index in [9.17, 15) is 14.4 Å². The molecular weight excluding hydrogens is 318 g/mol. The first-order valence-electron chi connectivity index (χ1n) is 7.16. The van der Waals surface area contributed by atoms with Gasteiger partial charge in [-0.25, -0.2) is 4.79 Å². The Morgan fingerprint density at radius 3 is 2.70 bits per heavy atom. The maximum absolute atomic E-state index is 12.3. The van der Waals surface area contributed by atoms with E-state index >= 15 is 0 Å². The Morgan fingerprint density at radius 1 is 1.39 bits per heavy atom. The maximum Gasteiger partial charge on any atom is 0.326 e. The molecule has 0 aliphatic rings. The zero-order valence-corrected chi connectivity index (χ0v) is 14.0. The van der Waals surface area contributed by atoms with Crippen molar-refractivity contribution in [1.29, 1.82) is 0 Å². The molecule has 1 heterocycles. The van der Waals surface area contributed by atoms with E-state index < -0.39 is 12.0 Å². The Labute approximate surface area is 139 Å². The SMILES string of the molecule is CC(=O)NCCN(C(=O)CSCc1ccccn1)C(C)C(=O)O. The molecule has 0 aliphatic carbocycles. The monoisotopic (exact) mass is 339 g/mol. The third kappa shape index (κ3) is 7.14. The highest BCUT2D eigenvalue weighted by atomic mass is 32.2. The summed E-state index contributed by atoms with van der Waals surface area (Å²) in [6, 6.07) is 4.62. The van der Waals surface area contributed by atoms with Gasteiger partial charge < -0.3 is 15.3 Å². The molecule has 8 heteroatoms. The molecule has 0 aromatic carbocycles. The van der Waals surface area contributed by atoms with Gasteiger partial charge in [-0.05, 0) is 19.1 Å². The maximum atomic E-state index is 12.3. The number of carbonyl (C=O) groups is 3. The number of carbonyl (C=O) groups excluding carboxylic acids is 2. The van der Waals surface area contributed by atoms with Crippen LogP contribution in [0.15, 0.2) is 24.4 Å². The van der Waals surface area contributed by atoms with Crippen LogP contribution in [0.3, 0.4) is 0 Å². The molecular formula is C15H21N3O4S. The summed E-state index contributed by atoms with van der Waals surface area (Å²) >= 11 is 1.38. The van der Waals surface area contributed by atoms with E-state index in [4.69, 9.17) is 5.11 Å². The fourth-order valence-electron chi connectivity index (χ4n) is 1.83. The quantitative estimate of drug-likeness (QED) is 0.689. The molecule has 0 aliphatic heterocycles. The number of aliphatic carboxylic acids is 1. The first-order valence-corrected chi connectivity index (χ1v) is 8.31. The number of carboxylic acids is 1. The lowest BCUT2D eigenvalue weighted by Crippen LogP contribution is -2.47. The molecule has 23 heavy (non-hydrogen) atoms. The van der Waals surface area contributed by atoms with Gasteiger partial charge in [0.05, 0.1) is 11.4 Å². The average Bonchev–Trinajstić information content (AvgIpc) is 2.51. The van der Waals surface area contributed by atoms with Crippen LogP contribution in [0.1, 0.15) is 19.5 Å². The molecule has 2 amide bonds. The lowest BCUT2D eigenvalue weighted by atomic mass is 10.3. The largest absolute Gasteiger partial charge is 0.480 e. The van der Waals surface area contributed by atoms with Crippen molar-refractivity contribution < 1.29 is 19.5 Å². The lowest BCUT2D eigenvalue weighted by molar-refractivity contribution is -0.148. The van der Waals surface area contributed by atoms with Crippen molar-refractivity contribution in [2.45, 2.75) is 25.6 Å². The van der Waals surface area contributed by atoms with Crippen LogP contribution in [0.5, 0.6) is 0 Å². The number of rotatable bonds is 9. The summed E-state index contributed by atoms with van der Waals surface area (Å²) in [5.41, 5.74) is 0.862. The Morgan fingerprint density at radius 2 is 2.13 bits per heavy atom. The molecule has 2 N–H and O–H groups in total. The van der Waals surface area contributed by atoms with Gasteiger partial charge in [0.2, 0.25) is 11.8 Å². The van der Waals surface area contributed by atoms with Crippen LogP contribution in [-0.4, -0.2) is 57.7 Å². The number of hydrogen-bond acceptors (Lipinski definition) is 5. The number of pyridine rings is 1. The normalized spacial score (nSPS) is 11.6. The highest BCUT2D eigenvalue weighted by molar-refractivity contribution is 7.99. The molecule has 1 atom stereocenters. The molecule has 1 aromatic heterocycles. The van der Waals surface area contributed by atoms with Gasteiger partial charge in [-0.2, -0.15) is 0 Å². The molecule has 0 saturated heterocycles. The third-order valence-electron chi connectivity index (χ3n) is 3.07. The van der Waals surface area contributed by atoms with Crippen LogP contribution in [-0.2, 0) is 20.1 Å². The fraction of sp³-hybridized carbons (Fsp3) is 0.467. The van der Waals surface area contributed by atoms with E-state index in [0.717, 1.165) is 5.69 Å². The summed E-state index contributed by atoms with van der Waals surface area (Å²) in [4.78, 5) is 39.7. The van der Waals surface area contributed by atoms with Gasteiger partial charge in [0, 0.05) is 32.0 Å². The number of amides is 2. The van der Waals surface area contributed by atoms with Crippen LogP contribution in [0.4, 0.5) is 0 Å². The van der Waals surface area contributed by atoms with Gasteiger partial charge in [-0.1, -0.05) is 6.07 Å². The number of nitrogens with one attached hydrogen (secondary N) is 1. The highest BCUT2D eigenvalue weighted by Crippen LogP contribution is 2.12. The minimum atomic E-state index is -1.07. The lowest BCUT2D eigenvalue weighted by Gasteiger charge is -2.26. The Hall–Kier alpha value is -2.09. The van der Waals surface area contributed by atoms with Gasteiger partial charge in [0.25, 0.3) is 0 Å². The van der Waals surface area contributed by atoms with Crippen molar-refractivity contribution in [2.24, 2.45) is 0 Å². The Bertz CT molecular complexity index is 539. The van der Waals surface area contributed by atoms with Crippen LogP contribution in [0.2, 0.25) is 0 Å². The fourth-order valence-corrected chi connectivity index (χ4v) is 2.65. The number of nitrogens with zero attached hydrogens (tertiary/aromatic N) is 2. The van der Waals surface area contributed by atoms with Crippen LogP contribution < -0.4 is 5.32 Å². The molecule has 0 saturated carbocycles. The van der Waals surface area contributed by atoms with Gasteiger partial charge in [0.1, 0.15) is 6.04 Å². The van der Waals surface area contributed by atoms with Crippen molar-refractivity contribution in [1.82, 2.24) is 15.2 Å². The van der Waals surface area contributed by atoms with Gasteiger partial charge in [-0.3, -0.25) is 14.6 Å². The van der Waals surface area contributed by atoms with E-state index in [1.807, 2.05) is 18.2 Å². The second kappa shape index (κ2) is 9.83. The molecule has 7 nitrogen and oxygen atoms in total. The summed E-state index contributed by atoms with van der Waals surface area (Å²) in [5, 5.41) is 11.7. The minimum absolute atomic E-state index is 0.161. The molecule has 1 unspecified atom stereocenters. The minimum Gasteiger partial charge on any atom is -0.480 e. The van der Waals surface area contributed by atoms with Gasteiger partial charge >= 0.3 is 5.97 Å². The first kappa shape index (κ1) is 19.0. The van der Waals surface area contributed by atoms with E-state index in [1.54, 1.807) is 6.20 Å². The first-order chi connectivity index (χ1) is 10.9. The summed E-state index contributed by atoms with van der Waals surface area (Å²) in [6.07, 6.45) is 1.68. The van der Waals surface area contributed by atoms with Crippen molar-refractivity contribution >= 4 is 29.5 Å². The number of aromatic nitrogens is 1. The molecule has 0 radical (unpaired) electrons. The zero-order valence-electron chi connectivity index (χ0n) is 13.2. The van der Waals surface area contributed by atoms with Crippen molar-refractivity contribution in [2.75, 3.05) is 18.8 Å². The van der Waals surface area contributed by atoms with Crippen molar-refractivity contribution in [3.05, 3.63) is 30.1 Å².